The Morgan fingerprint density at radius 1 is 1.29 bits per heavy atom. The van der Waals surface area contributed by atoms with Crippen LogP contribution in [0.2, 0.25) is 0 Å². The van der Waals surface area contributed by atoms with Gasteiger partial charge in [0.25, 0.3) is 0 Å². The van der Waals surface area contributed by atoms with Crippen molar-refractivity contribution >= 4 is 11.7 Å². The van der Waals surface area contributed by atoms with Gasteiger partial charge in [0.15, 0.2) is 5.78 Å². The molecule has 1 fully saturated rings. The molecule has 0 aliphatic heterocycles. The molecule has 2 unspecified atom stereocenters. The van der Waals surface area contributed by atoms with E-state index in [9.17, 15) is 9.59 Å². The summed E-state index contributed by atoms with van der Waals surface area (Å²) in [7, 11) is 0. The van der Waals surface area contributed by atoms with E-state index in [4.69, 9.17) is 0 Å². The van der Waals surface area contributed by atoms with Crippen LogP contribution in [-0.4, -0.2) is 17.7 Å². The number of allylic oxidation sites excluding steroid dienone is 1. The minimum Gasteiger partial charge on any atom is -0.346 e. The summed E-state index contributed by atoms with van der Waals surface area (Å²) in [6, 6.07) is -0.297. The van der Waals surface area contributed by atoms with Crippen LogP contribution in [0.1, 0.15) is 71.6 Å². The molecule has 2 atom stereocenters. The highest BCUT2D eigenvalue weighted by Gasteiger charge is 2.26. The summed E-state index contributed by atoms with van der Waals surface area (Å²) in [5.74, 6) is 0.752. The molecule has 1 aliphatic carbocycles. The molecule has 0 aromatic rings. The average molecular weight is 293 g/mol. The van der Waals surface area contributed by atoms with Crippen LogP contribution in [0.4, 0.5) is 0 Å². The summed E-state index contributed by atoms with van der Waals surface area (Å²) >= 11 is 0. The molecule has 0 aromatic carbocycles. The number of carbonyl (C=O) groups is 2. The lowest BCUT2D eigenvalue weighted by Crippen LogP contribution is -2.44. The third-order valence-electron chi connectivity index (χ3n) is 4.65. The van der Waals surface area contributed by atoms with Crippen molar-refractivity contribution in [3.63, 3.8) is 0 Å². The van der Waals surface area contributed by atoms with Crippen molar-refractivity contribution in [2.24, 2.45) is 11.8 Å². The predicted molar refractivity (Wildman–Crippen MR) is 87.0 cm³/mol. The second-order valence-electron chi connectivity index (χ2n) is 6.40. The van der Waals surface area contributed by atoms with E-state index < -0.39 is 0 Å². The van der Waals surface area contributed by atoms with Crippen molar-refractivity contribution in [3.8, 4) is 0 Å². The van der Waals surface area contributed by atoms with E-state index in [2.05, 4.69) is 11.9 Å². The van der Waals surface area contributed by atoms with Crippen LogP contribution in [0.5, 0.6) is 0 Å². The zero-order chi connectivity index (χ0) is 15.7. The minimum atomic E-state index is -0.297. The van der Waals surface area contributed by atoms with Gasteiger partial charge < -0.3 is 5.32 Å². The van der Waals surface area contributed by atoms with Crippen LogP contribution < -0.4 is 5.32 Å². The molecule has 120 valence electrons. The number of carbonyl (C=O) groups excluding carboxylic acids is 2. The highest BCUT2D eigenvalue weighted by molar-refractivity contribution is 5.89. The second kappa shape index (κ2) is 9.75. The third kappa shape index (κ3) is 6.45. The van der Waals surface area contributed by atoms with Crippen LogP contribution in [0.15, 0.2) is 12.7 Å². The molecule has 1 amide bonds. The number of rotatable bonds is 9. The zero-order valence-electron chi connectivity index (χ0n) is 13.7. The van der Waals surface area contributed by atoms with Gasteiger partial charge in [-0.25, -0.2) is 0 Å². The van der Waals surface area contributed by atoms with E-state index in [0.29, 0.717) is 18.8 Å². The number of hydrogen-bond donors (Lipinski definition) is 1. The fraction of sp³-hybridized carbons (Fsp3) is 0.778. The van der Waals surface area contributed by atoms with Crippen molar-refractivity contribution < 1.29 is 9.59 Å². The van der Waals surface area contributed by atoms with Crippen LogP contribution in [0.25, 0.3) is 0 Å². The van der Waals surface area contributed by atoms with Gasteiger partial charge in [0.2, 0.25) is 5.91 Å². The predicted octanol–water partition coefficient (Wildman–Crippen LogP) is 4.02. The van der Waals surface area contributed by atoms with E-state index in [1.54, 1.807) is 6.08 Å². The van der Waals surface area contributed by atoms with Crippen molar-refractivity contribution in [2.75, 3.05) is 0 Å². The summed E-state index contributed by atoms with van der Waals surface area (Å²) < 4.78 is 0. The SMILES string of the molecule is C=CCCC(=O)C(CC1CCCCC1)NC(=O)C(C)CC. The van der Waals surface area contributed by atoms with E-state index >= 15 is 0 Å². The molecule has 3 heteroatoms. The van der Waals surface area contributed by atoms with Crippen molar-refractivity contribution in [2.45, 2.75) is 77.7 Å². The Morgan fingerprint density at radius 2 is 1.95 bits per heavy atom. The number of Topliss-reactive ketones (excluding diaryl/α,β-unsaturated/α-hetero) is 1. The Morgan fingerprint density at radius 3 is 2.52 bits per heavy atom. The third-order valence-corrected chi connectivity index (χ3v) is 4.65. The number of hydrogen-bond acceptors (Lipinski definition) is 2. The summed E-state index contributed by atoms with van der Waals surface area (Å²) in [4.78, 5) is 24.5. The molecule has 1 aliphatic rings. The average Bonchev–Trinajstić information content (AvgIpc) is 2.51. The van der Waals surface area contributed by atoms with Gasteiger partial charge >= 0.3 is 0 Å². The summed E-state index contributed by atoms with van der Waals surface area (Å²) in [6.45, 7) is 7.59. The lowest BCUT2D eigenvalue weighted by molar-refractivity contribution is -0.130. The topological polar surface area (TPSA) is 46.2 Å². The van der Waals surface area contributed by atoms with Gasteiger partial charge in [-0.05, 0) is 25.2 Å². The van der Waals surface area contributed by atoms with Gasteiger partial charge in [0.05, 0.1) is 6.04 Å². The molecule has 1 saturated carbocycles. The molecular formula is C18H31NO2. The van der Waals surface area contributed by atoms with Gasteiger partial charge in [-0.1, -0.05) is 52.0 Å². The lowest BCUT2D eigenvalue weighted by atomic mass is 9.83. The van der Waals surface area contributed by atoms with Crippen LogP contribution in [0, 0.1) is 11.8 Å². The van der Waals surface area contributed by atoms with Gasteiger partial charge in [0, 0.05) is 12.3 Å². The highest BCUT2D eigenvalue weighted by atomic mass is 16.2. The number of amides is 1. The maximum Gasteiger partial charge on any atom is 0.223 e. The smallest absolute Gasteiger partial charge is 0.223 e. The molecule has 1 N–H and O–H groups in total. The molecule has 0 heterocycles. The van der Waals surface area contributed by atoms with Crippen molar-refractivity contribution in [3.05, 3.63) is 12.7 Å². The van der Waals surface area contributed by atoms with Gasteiger partial charge in [-0.15, -0.1) is 6.58 Å². The highest BCUT2D eigenvalue weighted by Crippen LogP contribution is 2.28. The number of nitrogens with one attached hydrogen (secondary N) is 1. The van der Waals surface area contributed by atoms with Crippen LogP contribution in [-0.2, 0) is 9.59 Å². The van der Waals surface area contributed by atoms with Crippen LogP contribution >= 0.6 is 0 Å². The molecule has 0 aromatic heterocycles. The molecule has 1 rings (SSSR count). The summed E-state index contributed by atoms with van der Waals surface area (Å²) in [5, 5.41) is 3.00. The fourth-order valence-corrected chi connectivity index (χ4v) is 2.94. The van der Waals surface area contributed by atoms with Crippen molar-refractivity contribution in [1.82, 2.24) is 5.32 Å². The van der Waals surface area contributed by atoms with E-state index in [0.717, 1.165) is 12.8 Å². The molecule has 0 bridgehead atoms. The maximum atomic E-state index is 12.4. The van der Waals surface area contributed by atoms with Gasteiger partial charge in [-0.2, -0.15) is 0 Å². The van der Waals surface area contributed by atoms with E-state index in [1.807, 2.05) is 13.8 Å². The molecular weight excluding hydrogens is 262 g/mol. The molecule has 0 saturated heterocycles. The molecule has 3 nitrogen and oxygen atoms in total. The lowest BCUT2D eigenvalue weighted by Gasteiger charge is -2.27. The van der Waals surface area contributed by atoms with E-state index in [-0.39, 0.29) is 23.7 Å². The first kappa shape index (κ1) is 17.9. The first-order valence-electron chi connectivity index (χ1n) is 8.52. The largest absolute Gasteiger partial charge is 0.346 e. The normalized spacial score (nSPS) is 18.8. The fourth-order valence-electron chi connectivity index (χ4n) is 2.94. The summed E-state index contributed by atoms with van der Waals surface area (Å²) in [5.41, 5.74) is 0. The Kier molecular flexibility index (Phi) is 8.33. The quantitative estimate of drug-likeness (QED) is 0.653. The molecule has 0 spiro atoms. The maximum absolute atomic E-state index is 12.4. The first-order chi connectivity index (χ1) is 10.1. The summed E-state index contributed by atoms with van der Waals surface area (Å²) in [6.07, 6.45) is 10.8. The van der Waals surface area contributed by atoms with Crippen LogP contribution in [0.3, 0.4) is 0 Å². The minimum absolute atomic E-state index is 0.0188. The van der Waals surface area contributed by atoms with Gasteiger partial charge in [0.1, 0.15) is 0 Å². The standard InChI is InChI=1S/C18H31NO2/c1-4-6-12-17(20)16(19-18(21)14(3)5-2)13-15-10-8-7-9-11-15/h4,14-16H,1,5-13H2,2-3H3,(H,19,21). The zero-order valence-corrected chi connectivity index (χ0v) is 13.7. The van der Waals surface area contributed by atoms with Gasteiger partial charge in [-0.3, -0.25) is 9.59 Å². The van der Waals surface area contributed by atoms with Crippen molar-refractivity contribution in [1.29, 1.82) is 0 Å². The Labute approximate surface area is 129 Å². The Balaban J connectivity index is 2.61. The molecule has 21 heavy (non-hydrogen) atoms. The monoisotopic (exact) mass is 293 g/mol. The second-order valence-corrected chi connectivity index (χ2v) is 6.40. The first-order valence-corrected chi connectivity index (χ1v) is 8.52. The Bertz CT molecular complexity index is 345. The molecule has 0 radical (unpaired) electrons. The Hall–Kier alpha value is -1.12. The number of ketones is 1. The van der Waals surface area contributed by atoms with E-state index in [1.165, 1.54) is 32.1 Å².